The molecule has 0 aliphatic carbocycles. The zero-order valence-corrected chi connectivity index (χ0v) is 17.9. The van der Waals surface area contributed by atoms with Gasteiger partial charge in [-0.25, -0.2) is 14.4 Å². The Balaban J connectivity index is 1.97. The van der Waals surface area contributed by atoms with Gasteiger partial charge in [0.05, 0.1) is 18.9 Å². The molecule has 8 heteroatoms. The number of carbonyl (C=O) groups is 1. The molecule has 3 heterocycles. The molecule has 2 aromatic rings. The van der Waals surface area contributed by atoms with Crippen molar-refractivity contribution in [3.63, 3.8) is 0 Å². The third kappa shape index (κ3) is 4.80. The van der Waals surface area contributed by atoms with Crippen LogP contribution in [0.4, 0.5) is 4.39 Å². The van der Waals surface area contributed by atoms with Gasteiger partial charge in [-0.05, 0) is 6.92 Å². The molecule has 0 aromatic carbocycles. The summed E-state index contributed by atoms with van der Waals surface area (Å²) in [4.78, 5) is 27.4. The van der Waals surface area contributed by atoms with Gasteiger partial charge in [-0.1, -0.05) is 20.8 Å². The Labute approximate surface area is 171 Å². The number of hydrogen-bond donors (Lipinski definition) is 0. The van der Waals surface area contributed by atoms with Gasteiger partial charge < -0.3 is 14.2 Å². The summed E-state index contributed by atoms with van der Waals surface area (Å²) < 4.78 is 22.5. The molecular formula is C21H30FN5O2. The van der Waals surface area contributed by atoms with Crippen molar-refractivity contribution in [3.8, 4) is 11.4 Å². The van der Waals surface area contributed by atoms with E-state index in [-0.39, 0.29) is 23.6 Å². The van der Waals surface area contributed by atoms with E-state index >= 15 is 4.39 Å². The van der Waals surface area contributed by atoms with Crippen molar-refractivity contribution in [2.45, 2.75) is 58.2 Å². The summed E-state index contributed by atoms with van der Waals surface area (Å²) in [5.74, 6) is 0.586. The van der Waals surface area contributed by atoms with Crippen molar-refractivity contribution < 1.29 is 13.9 Å². The summed E-state index contributed by atoms with van der Waals surface area (Å²) in [6, 6.07) is 0. The largest absolute Gasteiger partial charge is 0.381 e. The number of halogens is 1. The molecule has 1 aliphatic heterocycles. The number of alkyl halides is 1. The maximum Gasteiger partial charge on any atom is 0.273 e. The van der Waals surface area contributed by atoms with Gasteiger partial charge >= 0.3 is 0 Å². The van der Waals surface area contributed by atoms with Crippen LogP contribution in [0.3, 0.4) is 0 Å². The summed E-state index contributed by atoms with van der Waals surface area (Å²) in [5.41, 5.74) is -0.228. The van der Waals surface area contributed by atoms with E-state index in [1.54, 1.807) is 18.1 Å². The molecule has 1 aliphatic rings. The van der Waals surface area contributed by atoms with Crippen LogP contribution >= 0.6 is 0 Å². The van der Waals surface area contributed by atoms with E-state index < -0.39 is 5.67 Å². The number of rotatable bonds is 5. The van der Waals surface area contributed by atoms with Gasteiger partial charge in [0, 0.05) is 51.3 Å². The van der Waals surface area contributed by atoms with Crippen LogP contribution in [0.5, 0.6) is 0 Å². The topological polar surface area (TPSA) is 73.1 Å². The predicted octanol–water partition coefficient (Wildman–Crippen LogP) is 3.25. The van der Waals surface area contributed by atoms with Gasteiger partial charge in [-0.2, -0.15) is 0 Å². The lowest BCUT2D eigenvalue weighted by Gasteiger charge is -2.31. The third-order valence-corrected chi connectivity index (χ3v) is 5.23. The second-order valence-corrected chi connectivity index (χ2v) is 8.70. The fourth-order valence-corrected chi connectivity index (χ4v) is 3.39. The summed E-state index contributed by atoms with van der Waals surface area (Å²) in [6.07, 6.45) is 5.60. The summed E-state index contributed by atoms with van der Waals surface area (Å²) in [7, 11) is 1.72. The monoisotopic (exact) mass is 403 g/mol. The van der Waals surface area contributed by atoms with E-state index in [1.807, 2.05) is 38.5 Å². The van der Waals surface area contributed by atoms with E-state index in [0.717, 1.165) is 5.82 Å². The van der Waals surface area contributed by atoms with Crippen molar-refractivity contribution >= 4 is 5.91 Å². The molecule has 0 atom stereocenters. The minimum atomic E-state index is -1.32. The van der Waals surface area contributed by atoms with Crippen molar-refractivity contribution in [2.24, 2.45) is 0 Å². The van der Waals surface area contributed by atoms with Crippen LogP contribution in [0.1, 0.15) is 56.8 Å². The van der Waals surface area contributed by atoms with E-state index in [0.29, 0.717) is 44.0 Å². The van der Waals surface area contributed by atoms with E-state index in [1.165, 1.54) is 6.20 Å². The van der Waals surface area contributed by atoms with Gasteiger partial charge in [0.1, 0.15) is 28.6 Å². The van der Waals surface area contributed by atoms with Gasteiger partial charge in [0.2, 0.25) is 0 Å². The lowest BCUT2D eigenvalue weighted by molar-refractivity contribution is -0.0184. The van der Waals surface area contributed by atoms with Gasteiger partial charge in [-0.3, -0.25) is 9.78 Å². The Morgan fingerprint density at radius 2 is 1.93 bits per heavy atom. The molecule has 7 nitrogen and oxygen atoms in total. The van der Waals surface area contributed by atoms with Crippen LogP contribution in [0.15, 0.2) is 18.6 Å². The molecule has 0 bridgehead atoms. The third-order valence-electron chi connectivity index (χ3n) is 5.23. The highest BCUT2D eigenvalue weighted by atomic mass is 19.1. The Bertz CT molecular complexity index is 868. The van der Waals surface area contributed by atoms with Crippen molar-refractivity contribution in [3.05, 3.63) is 30.1 Å². The second kappa shape index (κ2) is 8.18. The molecule has 0 N–H and O–H groups in total. The van der Waals surface area contributed by atoms with Crippen LogP contribution in [0.2, 0.25) is 0 Å². The molecule has 3 rings (SSSR count). The zero-order chi connectivity index (χ0) is 21.2. The smallest absolute Gasteiger partial charge is 0.273 e. The van der Waals surface area contributed by atoms with Crippen LogP contribution in [-0.4, -0.2) is 62.8 Å². The van der Waals surface area contributed by atoms with Gasteiger partial charge in [0.15, 0.2) is 0 Å². The van der Waals surface area contributed by atoms with Gasteiger partial charge in [0.25, 0.3) is 5.91 Å². The number of hydrogen-bond acceptors (Lipinski definition) is 5. The van der Waals surface area contributed by atoms with E-state index in [2.05, 4.69) is 9.97 Å². The first kappa shape index (κ1) is 21.4. The number of amides is 1. The van der Waals surface area contributed by atoms with Gasteiger partial charge in [-0.15, -0.1) is 0 Å². The highest BCUT2D eigenvalue weighted by Crippen LogP contribution is 2.31. The van der Waals surface area contributed by atoms with Crippen molar-refractivity contribution in [2.75, 3.05) is 26.8 Å². The fraction of sp³-hybridized carbons (Fsp3) is 0.619. The molecule has 0 saturated carbocycles. The molecule has 0 spiro atoms. The maximum atomic E-state index is 15.3. The maximum absolute atomic E-state index is 15.3. The lowest BCUT2D eigenvalue weighted by Crippen LogP contribution is -2.37. The molecular weight excluding hydrogens is 373 g/mol. The highest BCUT2D eigenvalue weighted by Gasteiger charge is 2.35. The Hall–Kier alpha value is -2.35. The second-order valence-electron chi connectivity index (χ2n) is 8.70. The number of ether oxygens (including phenoxy) is 1. The number of carbonyl (C=O) groups excluding carboxylic acids is 1. The average Bonchev–Trinajstić information content (AvgIpc) is 3.11. The molecule has 1 amide bonds. The predicted molar refractivity (Wildman–Crippen MR) is 108 cm³/mol. The summed E-state index contributed by atoms with van der Waals surface area (Å²) in [5, 5.41) is 0. The normalized spacial score (nSPS) is 16.6. The zero-order valence-electron chi connectivity index (χ0n) is 17.9. The minimum Gasteiger partial charge on any atom is -0.381 e. The molecule has 1 fully saturated rings. The van der Waals surface area contributed by atoms with Crippen LogP contribution in [0.25, 0.3) is 11.4 Å². The molecule has 29 heavy (non-hydrogen) atoms. The number of aromatic nitrogens is 4. The van der Waals surface area contributed by atoms with Crippen LogP contribution in [-0.2, 0) is 16.7 Å². The Morgan fingerprint density at radius 3 is 2.55 bits per heavy atom. The SMILES string of the molecule is CCN(C)C(=O)c1cncc(-c2cn(CC3(F)CCOCC3)c(C(C)(C)C)n2)n1. The minimum absolute atomic E-state index is 0.192. The first-order valence-electron chi connectivity index (χ1n) is 10.1. The van der Waals surface area contributed by atoms with Crippen molar-refractivity contribution in [1.82, 2.24) is 24.4 Å². The highest BCUT2D eigenvalue weighted by molar-refractivity contribution is 5.92. The summed E-state index contributed by atoms with van der Waals surface area (Å²) in [6.45, 7) is 9.71. The first-order chi connectivity index (χ1) is 13.6. The molecule has 0 unspecified atom stereocenters. The standard InChI is InChI=1S/C21H30FN5O2/c1-6-26(5)18(28)16-12-23-11-15(24-16)17-13-27(19(25-17)20(2,3)4)14-21(22)7-9-29-10-8-21/h11-13H,6-10,14H2,1-5H3. The molecule has 0 radical (unpaired) electrons. The average molecular weight is 404 g/mol. The quantitative estimate of drug-likeness (QED) is 0.766. The summed E-state index contributed by atoms with van der Waals surface area (Å²) >= 11 is 0. The number of nitrogens with zero attached hydrogens (tertiary/aromatic N) is 5. The molecule has 2 aromatic heterocycles. The van der Waals surface area contributed by atoms with Crippen LogP contribution in [0, 0.1) is 0 Å². The first-order valence-corrected chi connectivity index (χ1v) is 10.1. The van der Waals surface area contributed by atoms with Crippen molar-refractivity contribution in [1.29, 1.82) is 0 Å². The lowest BCUT2D eigenvalue weighted by atomic mass is 9.93. The molecule has 158 valence electrons. The Kier molecular flexibility index (Phi) is 6.03. The van der Waals surface area contributed by atoms with E-state index in [9.17, 15) is 4.79 Å². The van der Waals surface area contributed by atoms with E-state index in [4.69, 9.17) is 9.72 Å². The number of imidazole rings is 1. The molecule has 1 saturated heterocycles. The van der Waals surface area contributed by atoms with Crippen LogP contribution < -0.4 is 0 Å². The fourth-order valence-electron chi connectivity index (χ4n) is 3.39. The Morgan fingerprint density at radius 1 is 1.24 bits per heavy atom.